The number of hydrogen-bond donors (Lipinski definition) is 1. The van der Waals surface area contributed by atoms with E-state index in [1.54, 1.807) is 31.2 Å². The van der Waals surface area contributed by atoms with Crippen molar-refractivity contribution in [3.05, 3.63) is 79.1 Å². The fourth-order valence-electron chi connectivity index (χ4n) is 3.00. The fraction of sp³-hybridized carbons (Fsp3) is 0.150. The van der Waals surface area contributed by atoms with Gasteiger partial charge in [-0.05, 0) is 30.7 Å². The van der Waals surface area contributed by atoms with Crippen molar-refractivity contribution in [2.45, 2.75) is 12.8 Å². The number of nitrogens with two attached hydrogens (primary N) is 1. The standard InChI is InChI=1S/C20H13BrCl2FN3O3/c1-2-29-20(28)15-14(9-4-3-5-10(21)6-9)12(8-25)19(26)30-16(15)11-7-13(24)18(23)27-17(11)22/h3-7,14H,2,26H2,1H3. The maximum Gasteiger partial charge on any atom is 0.338 e. The van der Waals surface area contributed by atoms with Gasteiger partial charge in [0.15, 0.2) is 16.7 Å². The number of nitriles is 1. The molecule has 1 aromatic heterocycles. The highest BCUT2D eigenvalue weighted by Crippen LogP contribution is 2.44. The van der Waals surface area contributed by atoms with E-state index in [1.165, 1.54) is 0 Å². The highest BCUT2D eigenvalue weighted by atomic mass is 79.9. The zero-order chi connectivity index (χ0) is 22.0. The number of allylic oxidation sites excluding steroid dienone is 1. The lowest BCUT2D eigenvalue weighted by atomic mass is 9.82. The molecule has 0 saturated carbocycles. The number of hydrogen-bond acceptors (Lipinski definition) is 6. The molecule has 2 N–H and O–H groups in total. The van der Waals surface area contributed by atoms with Crippen molar-refractivity contribution < 1.29 is 18.7 Å². The maximum atomic E-state index is 14.2. The minimum atomic E-state index is -0.940. The fourth-order valence-corrected chi connectivity index (χ4v) is 3.83. The van der Waals surface area contributed by atoms with Crippen LogP contribution in [0.15, 0.2) is 51.8 Å². The van der Waals surface area contributed by atoms with Crippen LogP contribution in [-0.4, -0.2) is 17.6 Å². The molecular weight excluding hydrogens is 500 g/mol. The molecule has 0 radical (unpaired) electrons. The molecule has 1 aromatic carbocycles. The summed E-state index contributed by atoms with van der Waals surface area (Å²) in [6.45, 7) is 1.69. The largest absolute Gasteiger partial charge is 0.463 e. The van der Waals surface area contributed by atoms with E-state index in [4.69, 9.17) is 38.4 Å². The van der Waals surface area contributed by atoms with Gasteiger partial charge in [0.1, 0.15) is 16.8 Å². The number of carbonyl (C=O) groups excluding carboxylic acids is 1. The molecule has 1 aliphatic heterocycles. The minimum absolute atomic E-state index is 0.00146. The van der Waals surface area contributed by atoms with E-state index >= 15 is 0 Å². The third-order valence-corrected chi connectivity index (χ3v) is 5.28. The van der Waals surface area contributed by atoms with Gasteiger partial charge in [-0.2, -0.15) is 5.26 Å². The lowest BCUT2D eigenvalue weighted by molar-refractivity contribution is -0.138. The second-order valence-electron chi connectivity index (χ2n) is 6.04. The summed E-state index contributed by atoms with van der Waals surface area (Å²) in [7, 11) is 0. The average molecular weight is 513 g/mol. The van der Waals surface area contributed by atoms with E-state index in [1.807, 2.05) is 6.07 Å². The third-order valence-electron chi connectivity index (χ3n) is 4.23. The third kappa shape index (κ3) is 4.15. The van der Waals surface area contributed by atoms with E-state index < -0.39 is 22.9 Å². The summed E-state index contributed by atoms with van der Waals surface area (Å²) in [6.07, 6.45) is 0. The zero-order valence-corrected chi connectivity index (χ0v) is 18.5. The Bertz CT molecular complexity index is 1140. The van der Waals surface area contributed by atoms with Gasteiger partial charge >= 0.3 is 5.97 Å². The Kier molecular flexibility index (Phi) is 6.66. The van der Waals surface area contributed by atoms with Gasteiger partial charge in [-0.25, -0.2) is 14.2 Å². The molecule has 10 heteroatoms. The molecule has 1 atom stereocenters. The van der Waals surface area contributed by atoms with Crippen LogP contribution < -0.4 is 5.73 Å². The highest BCUT2D eigenvalue weighted by Gasteiger charge is 2.39. The van der Waals surface area contributed by atoms with Crippen molar-refractivity contribution in [1.82, 2.24) is 4.98 Å². The van der Waals surface area contributed by atoms with Gasteiger partial charge in [0, 0.05) is 4.47 Å². The Balaban J connectivity index is 2.36. The molecular formula is C20H13BrCl2FN3O3. The molecule has 2 heterocycles. The van der Waals surface area contributed by atoms with Gasteiger partial charge in [-0.1, -0.05) is 51.3 Å². The number of benzene rings is 1. The Hall–Kier alpha value is -2.60. The number of esters is 1. The van der Waals surface area contributed by atoms with E-state index in [-0.39, 0.29) is 40.1 Å². The van der Waals surface area contributed by atoms with E-state index in [0.717, 1.165) is 6.07 Å². The van der Waals surface area contributed by atoms with E-state index in [2.05, 4.69) is 20.9 Å². The molecule has 6 nitrogen and oxygen atoms in total. The van der Waals surface area contributed by atoms with Crippen molar-refractivity contribution in [2.75, 3.05) is 6.61 Å². The minimum Gasteiger partial charge on any atom is -0.463 e. The SMILES string of the molecule is CCOC(=O)C1=C(c2cc(F)c(Cl)nc2Cl)OC(N)=C(C#N)C1c1cccc(Br)c1. The summed E-state index contributed by atoms with van der Waals surface area (Å²) in [5.74, 6) is -3.00. The molecule has 0 saturated heterocycles. The number of aromatic nitrogens is 1. The van der Waals surface area contributed by atoms with Gasteiger partial charge < -0.3 is 15.2 Å². The van der Waals surface area contributed by atoms with Gasteiger partial charge in [-0.15, -0.1) is 0 Å². The van der Waals surface area contributed by atoms with Crippen molar-refractivity contribution in [3.8, 4) is 6.07 Å². The molecule has 0 spiro atoms. The summed E-state index contributed by atoms with van der Waals surface area (Å²) in [6, 6.07) is 9.92. The first-order chi connectivity index (χ1) is 14.3. The van der Waals surface area contributed by atoms with E-state index in [0.29, 0.717) is 10.0 Å². The lowest BCUT2D eigenvalue weighted by Gasteiger charge is -2.28. The van der Waals surface area contributed by atoms with Crippen molar-refractivity contribution in [2.24, 2.45) is 5.73 Å². The molecule has 30 heavy (non-hydrogen) atoms. The first-order valence-corrected chi connectivity index (χ1v) is 10.1. The Morgan fingerprint density at radius 1 is 1.40 bits per heavy atom. The van der Waals surface area contributed by atoms with Crippen LogP contribution in [-0.2, 0) is 14.3 Å². The van der Waals surface area contributed by atoms with Crippen molar-refractivity contribution >= 4 is 50.9 Å². The smallest absolute Gasteiger partial charge is 0.338 e. The van der Waals surface area contributed by atoms with Gasteiger partial charge in [0.2, 0.25) is 5.88 Å². The number of carbonyl (C=O) groups is 1. The summed E-state index contributed by atoms with van der Waals surface area (Å²) in [5.41, 5.74) is 6.43. The van der Waals surface area contributed by atoms with Crippen LogP contribution in [0, 0.1) is 17.1 Å². The summed E-state index contributed by atoms with van der Waals surface area (Å²) < 4.78 is 25.6. The first-order valence-electron chi connectivity index (χ1n) is 8.54. The summed E-state index contributed by atoms with van der Waals surface area (Å²) in [5, 5.41) is 9.06. The predicted molar refractivity (Wildman–Crippen MR) is 113 cm³/mol. The number of pyridine rings is 1. The zero-order valence-electron chi connectivity index (χ0n) is 15.4. The van der Waals surface area contributed by atoms with Crippen LogP contribution in [0.5, 0.6) is 0 Å². The van der Waals surface area contributed by atoms with Crippen LogP contribution in [0.25, 0.3) is 5.76 Å². The molecule has 1 unspecified atom stereocenters. The average Bonchev–Trinajstić information content (AvgIpc) is 2.70. The molecule has 3 rings (SSSR count). The normalized spacial score (nSPS) is 16.2. The van der Waals surface area contributed by atoms with E-state index in [9.17, 15) is 14.4 Å². The van der Waals surface area contributed by atoms with Gasteiger partial charge in [0.05, 0.1) is 23.7 Å². The monoisotopic (exact) mass is 511 g/mol. The molecule has 0 amide bonds. The molecule has 0 aliphatic carbocycles. The van der Waals surface area contributed by atoms with Crippen LogP contribution in [0.4, 0.5) is 4.39 Å². The summed E-state index contributed by atoms with van der Waals surface area (Å²) in [4.78, 5) is 16.7. The number of rotatable bonds is 4. The van der Waals surface area contributed by atoms with Gasteiger partial charge in [-0.3, -0.25) is 0 Å². The Morgan fingerprint density at radius 2 is 2.13 bits per heavy atom. The predicted octanol–water partition coefficient (Wildman–Crippen LogP) is 5.07. The number of nitrogens with zero attached hydrogens (tertiary/aromatic N) is 2. The van der Waals surface area contributed by atoms with Crippen molar-refractivity contribution in [1.29, 1.82) is 5.26 Å². The van der Waals surface area contributed by atoms with Crippen LogP contribution in [0.1, 0.15) is 24.0 Å². The quantitative estimate of drug-likeness (QED) is 0.453. The molecule has 154 valence electrons. The van der Waals surface area contributed by atoms with Gasteiger partial charge in [0.25, 0.3) is 0 Å². The Morgan fingerprint density at radius 3 is 2.77 bits per heavy atom. The topological polar surface area (TPSA) is 98.2 Å². The molecule has 2 aromatic rings. The molecule has 0 fully saturated rings. The van der Waals surface area contributed by atoms with Crippen LogP contribution in [0.3, 0.4) is 0 Å². The second kappa shape index (κ2) is 9.04. The summed E-state index contributed by atoms with van der Waals surface area (Å²) >= 11 is 15.2. The lowest BCUT2D eigenvalue weighted by Crippen LogP contribution is -2.26. The van der Waals surface area contributed by atoms with Crippen LogP contribution >= 0.6 is 39.1 Å². The maximum absolute atomic E-state index is 14.2. The highest BCUT2D eigenvalue weighted by molar-refractivity contribution is 9.10. The second-order valence-corrected chi connectivity index (χ2v) is 7.67. The number of halogens is 4. The first kappa shape index (κ1) is 22.1. The Labute approximate surface area is 189 Å². The van der Waals surface area contributed by atoms with Crippen molar-refractivity contribution in [3.63, 3.8) is 0 Å². The molecule has 1 aliphatic rings. The molecule has 0 bridgehead atoms. The number of ether oxygens (including phenoxy) is 2. The van der Waals surface area contributed by atoms with Crippen LogP contribution in [0.2, 0.25) is 10.3 Å².